The topological polar surface area (TPSA) is 72.6 Å². The van der Waals surface area contributed by atoms with E-state index >= 15 is 0 Å². The van der Waals surface area contributed by atoms with Crippen LogP contribution in [0.5, 0.6) is 5.75 Å². The third-order valence-corrected chi connectivity index (χ3v) is 5.70. The van der Waals surface area contributed by atoms with Crippen molar-refractivity contribution in [3.63, 3.8) is 0 Å². The van der Waals surface area contributed by atoms with E-state index < -0.39 is 5.91 Å². The van der Waals surface area contributed by atoms with Crippen LogP contribution in [0.2, 0.25) is 0 Å². The van der Waals surface area contributed by atoms with Crippen LogP contribution in [0.25, 0.3) is 0 Å². The number of hydrogen-bond donors (Lipinski definition) is 1. The fourth-order valence-electron chi connectivity index (χ4n) is 4.27. The monoisotopic (exact) mass is 400 g/mol. The molecule has 0 spiro atoms. The van der Waals surface area contributed by atoms with Gasteiger partial charge in [0.2, 0.25) is 5.91 Å². The van der Waals surface area contributed by atoms with E-state index in [1.54, 1.807) is 19.2 Å². The number of hydrogen-bond acceptors (Lipinski definition) is 3. The summed E-state index contributed by atoms with van der Waals surface area (Å²) in [6, 6.07) is 22.3. The van der Waals surface area contributed by atoms with Gasteiger partial charge in [0.25, 0.3) is 5.91 Å². The van der Waals surface area contributed by atoms with Crippen LogP contribution in [-0.4, -0.2) is 23.8 Å². The summed E-state index contributed by atoms with van der Waals surface area (Å²) in [6.07, 6.45) is 1.63. The Balaban J connectivity index is 1.77. The molecule has 1 atom stereocenters. The number of carbonyl (C=O) groups is 2. The third-order valence-electron chi connectivity index (χ3n) is 5.70. The van der Waals surface area contributed by atoms with Gasteiger partial charge in [-0.25, -0.2) is 0 Å². The summed E-state index contributed by atoms with van der Waals surface area (Å²) in [5.74, 6) is 0.279. The predicted molar refractivity (Wildman–Crippen MR) is 115 cm³/mol. The number of primary amides is 1. The van der Waals surface area contributed by atoms with Gasteiger partial charge in [-0.15, -0.1) is 0 Å². The van der Waals surface area contributed by atoms with Gasteiger partial charge in [-0.1, -0.05) is 48.5 Å². The van der Waals surface area contributed by atoms with E-state index in [0.29, 0.717) is 17.7 Å². The number of nitrogens with zero attached hydrogens (tertiary/aromatic N) is 1. The highest BCUT2D eigenvalue weighted by Crippen LogP contribution is 2.41. The van der Waals surface area contributed by atoms with Crippen LogP contribution < -0.4 is 10.5 Å². The Morgan fingerprint density at radius 2 is 1.73 bits per heavy atom. The van der Waals surface area contributed by atoms with E-state index in [9.17, 15) is 9.59 Å². The summed E-state index contributed by atoms with van der Waals surface area (Å²) in [5, 5.41) is 0. The zero-order chi connectivity index (χ0) is 21.1. The predicted octanol–water partition coefficient (Wildman–Crippen LogP) is 4.12. The summed E-state index contributed by atoms with van der Waals surface area (Å²) in [7, 11) is 1.67. The molecule has 2 amide bonds. The zero-order valence-corrected chi connectivity index (χ0v) is 16.9. The first-order chi connectivity index (χ1) is 14.6. The highest BCUT2D eigenvalue weighted by molar-refractivity contribution is 5.96. The van der Waals surface area contributed by atoms with Crippen LogP contribution in [0.3, 0.4) is 0 Å². The van der Waals surface area contributed by atoms with Crippen molar-refractivity contribution in [2.24, 2.45) is 5.73 Å². The molecule has 3 aromatic carbocycles. The van der Waals surface area contributed by atoms with Gasteiger partial charge in [0.05, 0.1) is 13.2 Å². The Morgan fingerprint density at radius 1 is 1.00 bits per heavy atom. The minimum atomic E-state index is -0.494. The second-order valence-electron chi connectivity index (χ2n) is 7.40. The lowest BCUT2D eigenvalue weighted by molar-refractivity contribution is 0.0656. The van der Waals surface area contributed by atoms with Crippen molar-refractivity contribution in [3.8, 4) is 5.75 Å². The van der Waals surface area contributed by atoms with Gasteiger partial charge in [0, 0.05) is 17.7 Å². The van der Waals surface area contributed by atoms with Gasteiger partial charge in [0.15, 0.2) is 0 Å². The van der Waals surface area contributed by atoms with Gasteiger partial charge in [0.1, 0.15) is 5.75 Å². The summed E-state index contributed by atoms with van der Waals surface area (Å²) >= 11 is 0. The minimum absolute atomic E-state index is 0.0736. The van der Waals surface area contributed by atoms with E-state index in [1.165, 1.54) is 0 Å². The van der Waals surface area contributed by atoms with Crippen LogP contribution in [0.4, 0.5) is 0 Å². The van der Waals surface area contributed by atoms with Crippen molar-refractivity contribution in [1.82, 2.24) is 4.90 Å². The smallest absolute Gasteiger partial charge is 0.254 e. The SMILES string of the molecule is COc1cccc2c1CC[C@H]2N(Cc1ccccc1C(N)=O)C(=O)c1ccccc1. The second kappa shape index (κ2) is 8.41. The molecule has 5 heteroatoms. The number of rotatable bonds is 6. The molecular weight excluding hydrogens is 376 g/mol. The van der Waals surface area contributed by atoms with Crippen LogP contribution in [0.15, 0.2) is 72.8 Å². The number of ether oxygens (including phenoxy) is 1. The van der Waals surface area contributed by atoms with Gasteiger partial charge in [-0.05, 0) is 53.8 Å². The summed E-state index contributed by atoms with van der Waals surface area (Å²) in [5.41, 5.74) is 9.61. The first-order valence-electron chi connectivity index (χ1n) is 9.99. The molecule has 5 nitrogen and oxygen atoms in total. The van der Waals surface area contributed by atoms with Crippen molar-refractivity contribution in [2.75, 3.05) is 7.11 Å². The highest BCUT2D eigenvalue weighted by Gasteiger charge is 2.33. The minimum Gasteiger partial charge on any atom is -0.496 e. The number of nitrogens with two attached hydrogens (primary N) is 1. The Kier molecular flexibility index (Phi) is 5.53. The third kappa shape index (κ3) is 3.66. The molecule has 0 aliphatic heterocycles. The molecule has 0 unspecified atom stereocenters. The number of methoxy groups -OCH3 is 1. The van der Waals surface area contributed by atoms with Crippen molar-refractivity contribution in [1.29, 1.82) is 0 Å². The largest absolute Gasteiger partial charge is 0.496 e. The van der Waals surface area contributed by atoms with Crippen molar-refractivity contribution in [2.45, 2.75) is 25.4 Å². The number of benzene rings is 3. The van der Waals surface area contributed by atoms with Crippen LogP contribution in [0, 0.1) is 0 Å². The van der Waals surface area contributed by atoms with E-state index in [4.69, 9.17) is 10.5 Å². The molecule has 2 N–H and O–H groups in total. The molecule has 0 bridgehead atoms. The first-order valence-corrected chi connectivity index (χ1v) is 9.99. The molecule has 0 heterocycles. The highest BCUT2D eigenvalue weighted by atomic mass is 16.5. The molecule has 3 aromatic rings. The maximum absolute atomic E-state index is 13.6. The Labute approximate surface area is 176 Å². The van der Waals surface area contributed by atoms with E-state index in [1.807, 2.05) is 59.5 Å². The Morgan fingerprint density at radius 3 is 2.47 bits per heavy atom. The lowest BCUT2D eigenvalue weighted by Crippen LogP contribution is -2.34. The van der Waals surface area contributed by atoms with Gasteiger partial charge >= 0.3 is 0 Å². The summed E-state index contributed by atoms with van der Waals surface area (Å²) < 4.78 is 5.53. The summed E-state index contributed by atoms with van der Waals surface area (Å²) in [4.78, 5) is 27.4. The van der Waals surface area contributed by atoms with E-state index in [2.05, 4.69) is 6.07 Å². The maximum Gasteiger partial charge on any atom is 0.254 e. The molecule has 0 saturated heterocycles. The standard InChI is InChI=1S/C25H24N2O3/c1-30-23-13-7-12-20-21(23)14-15-22(20)27(25(29)17-8-3-2-4-9-17)16-18-10-5-6-11-19(18)24(26)28/h2-13,22H,14-16H2,1H3,(H2,26,28)/t22-/m1/s1. The quantitative estimate of drug-likeness (QED) is 0.676. The molecule has 0 aromatic heterocycles. The normalized spacial score (nSPS) is 14.8. The van der Waals surface area contributed by atoms with Crippen molar-refractivity contribution in [3.05, 3.63) is 101 Å². The first kappa shape index (κ1) is 19.7. The fraction of sp³-hybridized carbons (Fsp3) is 0.200. The van der Waals surface area contributed by atoms with Crippen molar-refractivity contribution >= 4 is 11.8 Å². The molecule has 30 heavy (non-hydrogen) atoms. The average Bonchev–Trinajstić information content (AvgIpc) is 3.21. The van der Waals surface area contributed by atoms with Gasteiger partial charge < -0.3 is 15.4 Å². The zero-order valence-electron chi connectivity index (χ0n) is 16.9. The maximum atomic E-state index is 13.6. The second-order valence-corrected chi connectivity index (χ2v) is 7.40. The van der Waals surface area contributed by atoms with E-state index in [0.717, 1.165) is 35.3 Å². The fourth-order valence-corrected chi connectivity index (χ4v) is 4.27. The summed E-state index contributed by atoms with van der Waals surface area (Å²) in [6.45, 7) is 0.300. The van der Waals surface area contributed by atoms with Crippen LogP contribution in [0.1, 0.15) is 49.9 Å². The molecule has 4 rings (SSSR count). The number of carbonyl (C=O) groups excluding carboxylic acids is 2. The molecule has 1 aliphatic carbocycles. The Hall–Kier alpha value is -3.60. The molecule has 0 saturated carbocycles. The molecular formula is C25H24N2O3. The molecule has 1 aliphatic rings. The molecule has 152 valence electrons. The molecule has 0 fully saturated rings. The van der Waals surface area contributed by atoms with Crippen LogP contribution in [-0.2, 0) is 13.0 Å². The lowest BCUT2D eigenvalue weighted by Gasteiger charge is -2.31. The van der Waals surface area contributed by atoms with Gasteiger partial charge in [-0.2, -0.15) is 0 Å². The van der Waals surface area contributed by atoms with Gasteiger partial charge in [-0.3, -0.25) is 9.59 Å². The van der Waals surface area contributed by atoms with Crippen LogP contribution >= 0.6 is 0 Å². The lowest BCUT2D eigenvalue weighted by atomic mass is 10.0. The van der Waals surface area contributed by atoms with Crippen molar-refractivity contribution < 1.29 is 14.3 Å². The number of amides is 2. The average molecular weight is 400 g/mol. The number of fused-ring (bicyclic) bond motifs is 1. The van der Waals surface area contributed by atoms with E-state index in [-0.39, 0.29) is 11.9 Å². The Bertz CT molecular complexity index is 1080. The molecule has 0 radical (unpaired) electrons.